The van der Waals surface area contributed by atoms with E-state index in [1.807, 2.05) is 0 Å². The molecule has 0 aromatic carbocycles. The molecule has 0 heterocycles. The van der Waals surface area contributed by atoms with E-state index in [1.54, 1.807) is 20.8 Å². The van der Waals surface area contributed by atoms with Gasteiger partial charge < -0.3 is 9.47 Å². The molecule has 0 aliphatic carbocycles. The van der Waals surface area contributed by atoms with Crippen molar-refractivity contribution >= 4 is 39.2 Å². The number of ether oxygens (including phenoxy) is 2. The zero-order valence-corrected chi connectivity index (χ0v) is 12.9. The average molecular weight is 379 g/mol. The maximum atomic E-state index is 10.9. The number of hydrogen-bond donors (Lipinski definition) is 0. The minimum absolute atomic E-state index is 0. The first-order valence-electron chi connectivity index (χ1n) is 3.64. The van der Waals surface area contributed by atoms with E-state index in [2.05, 4.69) is 4.74 Å². The van der Waals surface area contributed by atoms with Gasteiger partial charge in [-0.2, -0.15) is 0 Å². The molecule has 0 spiro atoms. The summed E-state index contributed by atoms with van der Waals surface area (Å²) in [6.07, 6.45) is -0.326. The van der Waals surface area contributed by atoms with Crippen molar-refractivity contribution in [3.8, 4) is 0 Å². The fraction of sp³-hybridized carbons (Fsp3) is 0.750. The van der Waals surface area contributed by atoms with Gasteiger partial charge in [-0.3, -0.25) is 9.59 Å². The molecule has 4 nitrogen and oxygen atoms in total. The zero-order chi connectivity index (χ0) is 9.78. The summed E-state index contributed by atoms with van der Waals surface area (Å²) in [5.41, 5.74) is -0.550. The largest absolute Gasteiger partial charge is 1.00 e. The van der Waals surface area contributed by atoms with Crippen LogP contribution in [-0.4, -0.2) is 51.9 Å². The molecule has 0 N–H and O–H groups in total. The zero-order valence-electron chi connectivity index (χ0n) is 8.42. The summed E-state index contributed by atoms with van der Waals surface area (Å²) in [6, 6.07) is 0. The van der Waals surface area contributed by atoms with Crippen molar-refractivity contribution in [2.75, 3.05) is 7.11 Å². The Bertz CT molecular complexity index is 183. The van der Waals surface area contributed by atoms with Crippen LogP contribution >= 0.6 is 0 Å². The molecule has 0 saturated heterocycles. The Morgan fingerprint density at radius 3 is 1.92 bits per heavy atom. The van der Waals surface area contributed by atoms with Gasteiger partial charge in [0.05, 0.1) is 7.11 Å². The van der Waals surface area contributed by atoms with E-state index in [1.165, 1.54) is 7.11 Å². The molecule has 0 radical (unpaired) electrons. The Kier molecular flexibility index (Phi) is 7.48. The van der Waals surface area contributed by atoms with Crippen LogP contribution in [0.5, 0.6) is 0 Å². The fourth-order valence-electron chi connectivity index (χ4n) is 0.568. The molecule has 0 fully saturated rings. The standard InChI is InChI=1S/C8H14O4.Tl/c1-8(2,3)12-7(10)5-6(9)11-4;/h5H2,1-4H3;/q;+1. The molecule has 0 aliphatic rings. The summed E-state index contributed by atoms with van der Waals surface area (Å²) >= 11 is 0. The molecule has 0 atom stereocenters. The summed E-state index contributed by atoms with van der Waals surface area (Å²) < 4.78 is 9.17. The molecule has 13 heavy (non-hydrogen) atoms. The molecular formula is C8H14O4Tl+. The Morgan fingerprint density at radius 1 is 1.15 bits per heavy atom. The smallest absolute Gasteiger partial charge is 0.469 e. The first kappa shape index (κ1) is 15.3. The number of carbonyl (C=O) groups excluding carboxylic acids is 2. The number of methoxy groups -OCH3 is 1. The third-order valence-electron chi connectivity index (χ3n) is 0.936. The second-order valence-electron chi connectivity index (χ2n) is 3.34. The van der Waals surface area contributed by atoms with E-state index in [9.17, 15) is 9.59 Å². The van der Waals surface area contributed by atoms with Gasteiger partial charge in [0.1, 0.15) is 12.0 Å². The third kappa shape index (κ3) is 9.78. The van der Waals surface area contributed by atoms with E-state index >= 15 is 0 Å². The van der Waals surface area contributed by atoms with Gasteiger partial charge in [-0.15, -0.1) is 0 Å². The molecule has 0 bridgehead atoms. The van der Waals surface area contributed by atoms with Crippen LogP contribution in [0.15, 0.2) is 0 Å². The van der Waals surface area contributed by atoms with E-state index in [0.29, 0.717) is 0 Å². The van der Waals surface area contributed by atoms with Crippen molar-refractivity contribution in [3.05, 3.63) is 0 Å². The molecule has 0 unspecified atom stereocenters. The molecule has 0 amide bonds. The molecule has 0 aromatic rings. The predicted molar refractivity (Wildman–Crippen MR) is 48.2 cm³/mol. The van der Waals surface area contributed by atoms with Crippen LogP contribution in [0.1, 0.15) is 27.2 Å². The second-order valence-corrected chi connectivity index (χ2v) is 3.34. The average Bonchev–Trinajstić information content (AvgIpc) is 1.82. The van der Waals surface area contributed by atoms with E-state index in [4.69, 9.17) is 4.74 Å². The van der Waals surface area contributed by atoms with E-state index in [0.717, 1.165) is 0 Å². The quantitative estimate of drug-likeness (QED) is 0.399. The van der Waals surface area contributed by atoms with Gasteiger partial charge in [0.15, 0.2) is 0 Å². The molecule has 0 aliphatic heterocycles. The van der Waals surface area contributed by atoms with E-state index in [-0.39, 0.29) is 33.7 Å². The molecule has 0 rings (SSSR count). The second kappa shape index (κ2) is 6.34. The van der Waals surface area contributed by atoms with Crippen molar-refractivity contribution in [2.45, 2.75) is 32.8 Å². The fourth-order valence-corrected chi connectivity index (χ4v) is 0.568. The van der Waals surface area contributed by atoms with Crippen LogP contribution in [0.2, 0.25) is 0 Å². The Morgan fingerprint density at radius 2 is 1.62 bits per heavy atom. The van der Waals surface area contributed by atoms with Gasteiger partial charge in [-0.05, 0) is 20.8 Å². The van der Waals surface area contributed by atoms with Gasteiger partial charge in [0, 0.05) is 0 Å². The van der Waals surface area contributed by atoms with Gasteiger partial charge in [-0.1, -0.05) is 0 Å². The van der Waals surface area contributed by atoms with Crippen molar-refractivity contribution in [2.24, 2.45) is 0 Å². The first-order valence-corrected chi connectivity index (χ1v) is 3.64. The van der Waals surface area contributed by atoms with Crippen LogP contribution in [0.3, 0.4) is 0 Å². The Balaban J connectivity index is 0. The third-order valence-corrected chi connectivity index (χ3v) is 0.936. The van der Waals surface area contributed by atoms with E-state index < -0.39 is 17.5 Å². The molecular weight excluding hydrogens is 364 g/mol. The summed E-state index contributed by atoms with van der Waals surface area (Å²) in [6.45, 7) is 5.21. The minimum Gasteiger partial charge on any atom is -0.469 e. The van der Waals surface area contributed by atoms with Gasteiger partial charge in [0.2, 0.25) is 0 Å². The summed E-state index contributed by atoms with van der Waals surface area (Å²) in [7, 11) is 1.23. The number of rotatable bonds is 2. The van der Waals surface area contributed by atoms with Crippen LogP contribution < -0.4 is 0 Å². The summed E-state index contributed by atoms with van der Waals surface area (Å²) in [5.74, 6) is -1.14. The van der Waals surface area contributed by atoms with Crippen molar-refractivity contribution in [3.63, 3.8) is 0 Å². The summed E-state index contributed by atoms with van der Waals surface area (Å²) in [5, 5.41) is 0. The monoisotopic (exact) mass is 379 g/mol. The van der Waals surface area contributed by atoms with Crippen LogP contribution in [0.4, 0.5) is 0 Å². The Hall–Kier alpha value is -0.138. The van der Waals surface area contributed by atoms with Gasteiger partial charge in [-0.25, -0.2) is 0 Å². The molecule has 0 saturated carbocycles. The molecule has 72 valence electrons. The first-order chi connectivity index (χ1) is 5.35. The van der Waals surface area contributed by atoms with Gasteiger partial charge in [0.25, 0.3) is 0 Å². The maximum absolute atomic E-state index is 10.9. The Labute approximate surface area is 98.1 Å². The van der Waals surface area contributed by atoms with Crippen LogP contribution in [0, 0.1) is 0 Å². The number of carbonyl (C=O) groups is 2. The van der Waals surface area contributed by atoms with Crippen LogP contribution in [0.25, 0.3) is 0 Å². The topological polar surface area (TPSA) is 52.6 Å². The summed E-state index contributed by atoms with van der Waals surface area (Å²) in [4.78, 5) is 21.5. The molecule has 0 aromatic heterocycles. The predicted octanol–water partition coefficient (Wildman–Crippen LogP) is 0.510. The normalized spacial score (nSPS) is 9.85. The minimum atomic E-state index is -0.579. The van der Waals surface area contributed by atoms with Crippen molar-refractivity contribution < 1.29 is 19.1 Å². The SMILES string of the molecule is COC(=O)CC(=O)OC(C)(C)C.[Tl+]. The molecule has 5 heteroatoms. The van der Waals surface area contributed by atoms with Crippen molar-refractivity contribution in [1.82, 2.24) is 0 Å². The van der Waals surface area contributed by atoms with Gasteiger partial charge >= 0.3 is 39.2 Å². The van der Waals surface area contributed by atoms with Crippen molar-refractivity contribution in [1.29, 1.82) is 0 Å². The number of hydrogen-bond acceptors (Lipinski definition) is 4. The maximum Gasteiger partial charge on any atom is 1.00 e. The number of esters is 2. The van der Waals surface area contributed by atoms with Crippen LogP contribution in [-0.2, 0) is 19.1 Å².